The van der Waals surface area contributed by atoms with Gasteiger partial charge in [-0.3, -0.25) is 4.79 Å². The maximum absolute atomic E-state index is 12.6. The minimum absolute atomic E-state index is 0.0981. The lowest BCUT2D eigenvalue weighted by atomic mass is 10.1. The molecule has 29 heavy (non-hydrogen) atoms. The normalized spacial score (nSPS) is 11.0. The minimum atomic E-state index is -0.163. The van der Waals surface area contributed by atoms with Crippen LogP contribution in [0.3, 0.4) is 0 Å². The van der Waals surface area contributed by atoms with E-state index in [-0.39, 0.29) is 12.0 Å². The van der Waals surface area contributed by atoms with E-state index in [0.29, 0.717) is 5.56 Å². The van der Waals surface area contributed by atoms with Crippen LogP contribution in [0.4, 0.5) is 5.69 Å². The lowest BCUT2D eigenvalue weighted by Crippen LogP contribution is -2.12. The topological polar surface area (TPSA) is 55.6 Å². The second kappa shape index (κ2) is 7.80. The number of ether oxygens (including phenoxy) is 1. The molecule has 0 saturated carbocycles. The van der Waals surface area contributed by atoms with E-state index in [1.807, 2.05) is 79.2 Å². The zero-order valence-corrected chi connectivity index (χ0v) is 16.7. The molecule has 2 heterocycles. The standard InChI is InChI=1S/C24H23N3O2/c1-16(2)29-21-10-8-18(9-11-21)24(28)25-20-6-4-5-19(13-20)22-15-27-14-17(3)7-12-23(27)26-22/h4-16H,1-3H3,(H,25,28). The molecular weight excluding hydrogens is 362 g/mol. The second-order valence-electron chi connectivity index (χ2n) is 7.32. The Morgan fingerprint density at radius 1 is 1.03 bits per heavy atom. The van der Waals surface area contributed by atoms with E-state index in [4.69, 9.17) is 4.74 Å². The molecule has 0 aliphatic rings. The van der Waals surface area contributed by atoms with Crippen molar-refractivity contribution < 1.29 is 9.53 Å². The van der Waals surface area contributed by atoms with E-state index in [2.05, 4.69) is 17.2 Å². The van der Waals surface area contributed by atoms with E-state index in [9.17, 15) is 4.79 Å². The molecule has 0 spiro atoms. The smallest absolute Gasteiger partial charge is 0.255 e. The Hall–Kier alpha value is -3.60. The van der Waals surface area contributed by atoms with Crippen LogP contribution in [0.5, 0.6) is 5.75 Å². The summed E-state index contributed by atoms with van der Waals surface area (Å²) in [5, 5.41) is 2.96. The van der Waals surface area contributed by atoms with Gasteiger partial charge < -0.3 is 14.5 Å². The summed E-state index contributed by atoms with van der Waals surface area (Å²) < 4.78 is 7.63. The molecule has 5 heteroatoms. The SMILES string of the molecule is Cc1ccc2nc(-c3cccc(NC(=O)c4ccc(OC(C)C)cc4)c3)cn2c1. The highest BCUT2D eigenvalue weighted by molar-refractivity contribution is 6.04. The maximum Gasteiger partial charge on any atom is 0.255 e. The Labute approximate surface area is 170 Å². The summed E-state index contributed by atoms with van der Waals surface area (Å²) in [6.45, 7) is 5.99. The molecule has 1 N–H and O–H groups in total. The van der Waals surface area contributed by atoms with Crippen LogP contribution in [0.15, 0.2) is 73.1 Å². The highest BCUT2D eigenvalue weighted by Gasteiger charge is 2.09. The van der Waals surface area contributed by atoms with Crippen molar-refractivity contribution in [2.75, 3.05) is 5.32 Å². The maximum atomic E-state index is 12.6. The predicted octanol–water partition coefficient (Wildman–Crippen LogP) is 5.35. The van der Waals surface area contributed by atoms with Crippen molar-refractivity contribution in [1.82, 2.24) is 9.38 Å². The van der Waals surface area contributed by atoms with Crippen molar-refractivity contribution >= 4 is 17.2 Å². The third kappa shape index (κ3) is 4.29. The number of pyridine rings is 1. The number of carbonyl (C=O) groups is 1. The highest BCUT2D eigenvalue weighted by atomic mass is 16.5. The molecule has 2 aromatic heterocycles. The van der Waals surface area contributed by atoms with E-state index >= 15 is 0 Å². The second-order valence-corrected chi connectivity index (χ2v) is 7.32. The van der Waals surface area contributed by atoms with E-state index in [1.54, 1.807) is 12.1 Å². The van der Waals surface area contributed by atoms with Crippen LogP contribution in [0, 0.1) is 6.92 Å². The van der Waals surface area contributed by atoms with Gasteiger partial charge in [-0.2, -0.15) is 0 Å². The molecule has 0 aliphatic carbocycles. The summed E-state index contributed by atoms with van der Waals surface area (Å²) in [7, 11) is 0. The molecule has 1 amide bonds. The molecule has 0 radical (unpaired) electrons. The van der Waals surface area contributed by atoms with Crippen molar-refractivity contribution in [3.8, 4) is 17.0 Å². The Morgan fingerprint density at radius 2 is 1.83 bits per heavy atom. The van der Waals surface area contributed by atoms with Gasteiger partial charge in [0.1, 0.15) is 11.4 Å². The van der Waals surface area contributed by atoms with Gasteiger partial charge in [-0.1, -0.05) is 18.2 Å². The fourth-order valence-corrected chi connectivity index (χ4v) is 3.16. The number of anilines is 1. The van der Waals surface area contributed by atoms with Crippen LogP contribution < -0.4 is 10.1 Å². The number of carbonyl (C=O) groups excluding carboxylic acids is 1. The predicted molar refractivity (Wildman–Crippen MR) is 116 cm³/mol. The number of imidazole rings is 1. The van der Waals surface area contributed by atoms with E-state index in [1.165, 1.54) is 5.56 Å². The van der Waals surface area contributed by atoms with Crippen molar-refractivity contribution in [3.05, 3.63) is 84.2 Å². The minimum Gasteiger partial charge on any atom is -0.491 e. The Kier molecular flexibility index (Phi) is 5.04. The molecule has 0 unspecified atom stereocenters. The third-order valence-electron chi connectivity index (χ3n) is 4.50. The number of aryl methyl sites for hydroxylation is 1. The van der Waals surface area contributed by atoms with Crippen LogP contribution in [0.25, 0.3) is 16.9 Å². The lowest BCUT2D eigenvalue weighted by Gasteiger charge is -2.10. The number of hydrogen-bond donors (Lipinski definition) is 1. The van der Waals surface area contributed by atoms with Crippen LogP contribution in [-0.4, -0.2) is 21.4 Å². The number of aromatic nitrogens is 2. The molecule has 0 atom stereocenters. The Bertz CT molecular complexity index is 1160. The molecule has 146 valence electrons. The van der Waals surface area contributed by atoms with Gasteiger partial charge in [0.25, 0.3) is 5.91 Å². The molecule has 5 nitrogen and oxygen atoms in total. The van der Waals surface area contributed by atoms with E-state index in [0.717, 1.165) is 28.3 Å². The van der Waals surface area contributed by atoms with Gasteiger partial charge >= 0.3 is 0 Å². The molecule has 4 aromatic rings. The molecular formula is C24H23N3O2. The molecule has 0 saturated heterocycles. The lowest BCUT2D eigenvalue weighted by molar-refractivity contribution is 0.102. The molecule has 2 aromatic carbocycles. The van der Waals surface area contributed by atoms with Gasteiger partial charge in [0, 0.05) is 29.2 Å². The number of hydrogen-bond acceptors (Lipinski definition) is 3. The van der Waals surface area contributed by atoms with Crippen molar-refractivity contribution in [3.63, 3.8) is 0 Å². The highest BCUT2D eigenvalue weighted by Crippen LogP contribution is 2.23. The quantitative estimate of drug-likeness (QED) is 0.504. The van der Waals surface area contributed by atoms with Crippen LogP contribution >= 0.6 is 0 Å². The summed E-state index contributed by atoms with van der Waals surface area (Å²) in [5.41, 5.74) is 5.18. The average molecular weight is 385 g/mol. The summed E-state index contributed by atoms with van der Waals surface area (Å²) >= 11 is 0. The summed E-state index contributed by atoms with van der Waals surface area (Å²) in [6.07, 6.45) is 4.14. The molecule has 0 aliphatic heterocycles. The number of amides is 1. The number of nitrogens with zero attached hydrogens (tertiary/aromatic N) is 2. The first kappa shape index (κ1) is 18.7. The zero-order chi connectivity index (χ0) is 20.4. The monoisotopic (exact) mass is 385 g/mol. The van der Waals surface area contributed by atoms with Crippen LogP contribution in [0.2, 0.25) is 0 Å². The zero-order valence-electron chi connectivity index (χ0n) is 16.7. The van der Waals surface area contributed by atoms with Crippen LogP contribution in [0.1, 0.15) is 29.8 Å². The van der Waals surface area contributed by atoms with Gasteiger partial charge in [0.2, 0.25) is 0 Å². The summed E-state index contributed by atoms with van der Waals surface area (Å²) in [4.78, 5) is 17.3. The summed E-state index contributed by atoms with van der Waals surface area (Å²) in [6, 6.07) is 18.9. The molecule has 0 bridgehead atoms. The Morgan fingerprint density at radius 3 is 2.59 bits per heavy atom. The van der Waals surface area contributed by atoms with Gasteiger partial charge in [-0.15, -0.1) is 0 Å². The van der Waals surface area contributed by atoms with Gasteiger partial charge in [0.15, 0.2) is 0 Å². The van der Waals surface area contributed by atoms with Crippen LogP contribution in [-0.2, 0) is 0 Å². The first-order valence-corrected chi connectivity index (χ1v) is 9.62. The Balaban J connectivity index is 1.53. The molecule has 4 rings (SSSR count). The first-order chi connectivity index (χ1) is 14.0. The fourth-order valence-electron chi connectivity index (χ4n) is 3.16. The number of benzene rings is 2. The third-order valence-corrected chi connectivity index (χ3v) is 4.50. The van der Waals surface area contributed by atoms with Gasteiger partial charge in [0.05, 0.1) is 11.8 Å². The number of nitrogens with one attached hydrogen (secondary N) is 1. The van der Waals surface area contributed by atoms with Gasteiger partial charge in [-0.05, 0) is 68.8 Å². The first-order valence-electron chi connectivity index (χ1n) is 9.62. The van der Waals surface area contributed by atoms with Gasteiger partial charge in [-0.25, -0.2) is 4.98 Å². The van der Waals surface area contributed by atoms with Crippen molar-refractivity contribution in [2.24, 2.45) is 0 Å². The molecule has 0 fully saturated rings. The fraction of sp³-hybridized carbons (Fsp3) is 0.167. The summed E-state index contributed by atoms with van der Waals surface area (Å²) in [5.74, 6) is 0.588. The van der Waals surface area contributed by atoms with E-state index < -0.39 is 0 Å². The number of fused-ring (bicyclic) bond motifs is 1. The largest absolute Gasteiger partial charge is 0.491 e. The van der Waals surface area contributed by atoms with Crippen molar-refractivity contribution in [2.45, 2.75) is 26.9 Å². The van der Waals surface area contributed by atoms with Crippen molar-refractivity contribution in [1.29, 1.82) is 0 Å². The average Bonchev–Trinajstić information content (AvgIpc) is 3.11. The number of rotatable bonds is 5.